The molecule has 0 radical (unpaired) electrons. The Morgan fingerprint density at radius 1 is 1.29 bits per heavy atom. The van der Waals surface area contributed by atoms with E-state index in [0.29, 0.717) is 5.69 Å². The van der Waals surface area contributed by atoms with E-state index in [1.807, 2.05) is 0 Å². The zero-order valence-corrected chi connectivity index (χ0v) is 8.82. The standard InChI is InChI=1S/C11H8F2N2O2/c1-6-4-10(11(16)17)14-15(6)7-2-3-8(12)9(13)5-7/h2-5H,1H3,(H,16,17). The Kier molecular flexibility index (Phi) is 2.63. The lowest BCUT2D eigenvalue weighted by Crippen LogP contribution is -2.03. The predicted octanol–water partition coefficient (Wildman–Crippen LogP) is 2.16. The van der Waals surface area contributed by atoms with Crippen molar-refractivity contribution in [2.45, 2.75) is 6.92 Å². The molecule has 1 heterocycles. The number of aromatic nitrogens is 2. The maximum atomic E-state index is 13.0. The van der Waals surface area contributed by atoms with Gasteiger partial charge in [-0.25, -0.2) is 18.3 Å². The molecule has 0 aliphatic heterocycles. The molecule has 0 fully saturated rings. The van der Waals surface area contributed by atoms with Gasteiger partial charge in [0.1, 0.15) is 0 Å². The summed E-state index contributed by atoms with van der Waals surface area (Å²) < 4.78 is 27.0. The van der Waals surface area contributed by atoms with Crippen LogP contribution < -0.4 is 0 Å². The van der Waals surface area contributed by atoms with Crippen LogP contribution in [-0.4, -0.2) is 20.9 Å². The molecule has 1 N–H and O–H groups in total. The highest BCUT2D eigenvalue weighted by molar-refractivity contribution is 5.85. The van der Waals surface area contributed by atoms with Crippen molar-refractivity contribution in [1.82, 2.24) is 9.78 Å². The van der Waals surface area contributed by atoms with E-state index in [1.54, 1.807) is 6.92 Å². The van der Waals surface area contributed by atoms with E-state index in [2.05, 4.69) is 5.10 Å². The largest absolute Gasteiger partial charge is 0.476 e. The summed E-state index contributed by atoms with van der Waals surface area (Å²) in [6.07, 6.45) is 0. The fraction of sp³-hybridized carbons (Fsp3) is 0.0909. The second-order valence-corrected chi connectivity index (χ2v) is 3.49. The number of hydrogen-bond donors (Lipinski definition) is 1. The molecule has 1 aromatic heterocycles. The minimum atomic E-state index is -1.17. The Morgan fingerprint density at radius 2 is 2.00 bits per heavy atom. The highest BCUT2D eigenvalue weighted by atomic mass is 19.2. The van der Waals surface area contributed by atoms with Crippen LogP contribution >= 0.6 is 0 Å². The summed E-state index contributed by atoms with van der Waals surface area (Å²) in [6, 6.07) is 4.60. The fourth-order valence-corrected chi connectivity index (χ4v) is 1.46. The Labute approximate surface area is 95.1 Å². The van der Waals surface area contributed by atoms with Gasteiger partial charge in [-0.2, -0.15) is 5.10 Å². The van der Waals surface area contributed by atoms with Crippen molar-refractivity contribution in [2.75, 3.05) is 0 Å². The van der Waals surface area contributed by atoms with Gasteiger partial charge in [-0.15, -0.1) is 0 Å². The molecule has 4 nitrogen and oxygen atoms in total. The monoisotopic (exact) mass is 238 g/mol. The van der Waals surface area contributed by atoms with Gasteiger partial charge in [0.2, 0.25) is 0 Å². The first-order chi connectivity index (χ1) is 7.99. The molecule has 0 aliphatic rings. The van der Waals surface area contributed by atoms with Gasteiger partial charge in [0.15, 0.2) is 17.3 Å². The smallest absolute Gasteiger partial charge is 0.356 e. The molecule has 0 bridgehead atoms. The molecule has 0 saturated heterocycles. The van der Waals surface area contributed by atoms with Gasteiger partial charge >= 0.3 is 5.97 Å². The lowest BCUT2D eigenvalue weighted by molar-refractivity contribution is 0.0690. The van der Waals surface area contributed by atoms with Crippen LogP contribution in [0.3, 0.4) is 0 Å². The zero-order chi connectivity index (χ0) is 12.6. The number of carbonyl (C=O) groups is 1. The van der Waals surface area contributed by atoms with Crippen molar-refractivity contribution in [2.24, 2.45) is 0 Å². The number of rotatable bonds is 2. The van der Waals surface area contributed by atoms with Gasteiger partial charge in [-0.3, -0.25) is 0 Å². The highest BCUT2D eigenvalue weighted by Gasteiger charge is 2.12. The molecule has 6 heteroatoms. The molecule has 2 rings (SSSR count). The molecule has 2 aromatic rings. The number of nitrogens with zero attached hydrogens (tertiary/aromatic N) is 2. The third-order valence-corrected chi connectivity index (χ3v) is 2.25. The third kappa shape index (κ3) is 2.01. The molecular weight excluding hydrogens is 230 g/mol. The van der Waals surface area contributed by atoms with Crippen LogP contribution in [0.15, 0.2) is 24.3 Å². The molecule has 0 atom stereocenters. The number of carboxylic acid groups (broad SMARTS) is 1. The third-order valence-electron chi connectivity index (χ3n) is 2.25. The first-order valence-corrected chi connectivity index (χ1v) is 4.74. The number of aryl methyl sites for hydroxylation is 1. The van der Waals surface area contributed by atoms with E-state index in [9.17, 15) is 13.6 Å². The number of carboxylic acids is 1. The number of benzene rings is 1. The van der Waals surface area contributed by atoms with Crippen LogP contribution in [0.2, 0.25) is 0 Å². The Bertz CT molecular complexity index is 593. The summed E-state index contributed by atoms with van der Waals surface area (Å²) >= 11 is 0. The SMILES string of the molecule is Cc1cc(C(=O)O)nn1-c1ccc(F)c(F)c1. The van der Waals surface area contributed by atoms with Crippen molar-refractivity contribution < 1.29 is 18.7 Å². The summed E-state index contributed by atoms with van der Waals surface area (Å²) in [7, 11) is 0. The molecule has 0 unspecified atom stereocenters. The zero-order valence-electron chi connectivity index (χ0n) is 8.82. The second-order valence-electron chi connectivity index (χ2n) is 3.49. The van der Waals surface area contributed by atoms with Crippen LogP contribution in [-0.2, 0) is 0 Å². The van der Waals surface area contributed by atoms with Gasteiger partial charge in [0, 0.05) is 11.8 Å². The summed E-state index contributed by atoms with van der Waals surface area (Å²) in [4.78, 5) is 10.7. The predicted molar refractivity (Wildman–Crippen MR) is 55.2 cm³/mol. The topological polar surface area (TPSA) is 55.1 Å². The summed E-state index contributed by atoms with van der Waals surface area (Å²) in [5, 5.41) is 12.5. The highest BCUT2D eigenvalue weighted by Crippen LogP contribution is 2.15. The van der Waals surface area contributed by atoms with Gasteiger partial charge in [0.25, 0.3) is 0 Å². The van der Waals surface area contributed by atoms with E-state index in [1.165, 1.54) is 16.8 Å². The number of aromatic carboxylic acids is 1. The molecule has 88 valence electrons. The van der Waals surface area contributed by atoms with Gasteiger partial charge in [-0.05, 0) is 25.1 Å². The molecule has 17 heavy (non-hydrogen) atoms. The lowest BCUT2D eigenvalue weighted by atomic mass is 10.3. The van der Waals surface area contributed by atoms with Crippen molar-refractivity contribution in [3.05, 3.63) is 47.3 Å². The lowest BCUT2D eigenvalue weighted by Gasteiger charge is -2.04. The summed E-state index contributed by atoms with van der Waals surface area (Å²) in [6.45, 7) is 1.63. The molecule has 0 aliphatic carbocycles. The maximum Gasteiger partial charge on any atom is 0.356 e. The van der Waals surface area contributed by atoms with Crippen LogP contribution in [0.25, 0.3) is 5.69 Å². The second kappa shape index (κ2) is 3.97. The molecule has 0 amide bonds. The van der Waals surface area contributed by atoms with E-state index in [-0.39, 0.29) is 11.4 Å². The fourth-order valence-electron chi connectivity index (χ4n) is 1.46. The average molecular weight is 238 g/mol. The van der Waals surface area contributed by atoms with Crippen LogP contribution in [0.1, 0.15) is 16.2 Å². The van der Waals surface area contributed by atoms with Crippen LogP contribution in [0, 0.1) is 18.6 Å². The van der Waals surface area contributed by atoms with Crippen molar-refractivity contribution in [3.63, 3.8) is 0 Å². The minimum absolute atomic E-state index is 0.146. The number of hydrogen-bond acceptors (Lipinski definition) is 2. The normalized spacial score (nSPS) is 10.5. The first kappa shape index (κ1) is 11.3. The quantitative estimate of drug-likeness (QED) is 0.872. The summed E-state index contributed by atoms with van der Waals surface area (Å²) in [5.74, 6) is -3.14. The Hall–Kier alpha value is -2.24. The van der Waals surface area contributed by atoms with Gasteiger partial charge in [-0.1, -0.05) is 0 Å². The Morgan fingerprint density at radius 3 is 2.53 bits per heavy atom. The molecular formula is C11H8F2N2O2. The van der Waals surface area contributed by atoms with E-state index < -0.39 is 17.6 Å². The average Bonchev–Trinajstić information content (AvgIpc) is 2.65. The van der Waals surface area contributed by atoms with Crippen molar-refractivity contribution >= 4 is 5.97 Å². The first-order valence-electron chi connectivity index (χ1n) is 4.74. The van der Waals surface area contributed by atoms with Crippen molar-refractivity contribution in [1.29, 1.82) is 0 Å². The molecule has 0 spiro atoms. The van der Waals surface area contributed by atoms with E-state index in [4.69, 9.17) is 5.11 Å². The molecule has 1 aromatic carbocycles. The van der Waals surface area contributed by atoms with Crippen LogP contribution in [0.4, 0.5) is 8.78 Å². The van der Waals surface area contributed by atoms with E-state index in [0.717, 1.165) is 12.1 Å². The van der Waals surface area contributed by atoms with E-state index >= 15 is 0 Å². The number of halogens is 2. The molecule has 0 saturated carbocycles. The van der Waals surface area contributed by atoms with Crippen LogP contribution in [0.5, 0.6) is 0 Å². The Balaban J connectivity index is 2.52. The van der Waals surface area contributed by atoms with Gasteiger partial charge in [0.05, 0.1) is 5.69 Å². The maximum absolute atomic E-state index is 13.0. The minimum Gasteiger partial charge on any atom is -0.476 e. The summed E-state index contributed by atoms with van der Waals surface area (Å²) in [5.41, 5.74) is 0.648. The van der Waals surface area contributed by atoms with Gasteiger partial charge < -0.3 is 5.11 Å². The van der Waals surface area contributed by atoms with Crippen molar-refractivity contribution in [3.8, 4) is 5.69 Å².